The lowest BCUT2D eigenvalue weighted by Crippen LogP contribution is -2.12. The number of hydrogen-bond donors (Lipinski definition) is 2. The minimum Gasteiger partial charge on any atom is -0.472 e. The average molecular weight is 236 g/mol. The molecule has 16 heavy (non-hydrogen) atoms. The van der Waals surface area contributed by atoms with Gasteiger partial charge in [0.2, 0.25) is 0 Å². The van der Waals surface area contributed by atoms with Crippen LogP contribution in [-0.4, -0.2) is 11.8 Å². The number of ether oxygens (including phenoxy) is 1. The summed E-state index contributed by atoms with van der Waals surface area (Å²) in [7, 11) is 0. The molecule has 0 fully saturated rings. The van der Waals surface area contributed by atoms with Gasteiger partial charge in [0.05, 0.1) is 21.6 Å². The largest absolute Gasteiger partial charge is 0.472 e. The molecule has 0 spiro atoms. The highest BCUT2D eigenvalue weighted by molar-refractivity contribution is 7.15. The van der Waals surface area contributed by atoms with Gasteiger partial charge in [-0.3, -0.25) is 9.59 Å². The van der Waals surface area contributed by atoms with Crippen molar-refractivity contribution in [3.63, 3.8) is 0 Å². The standard InChI is InChI=1S/C10H8N2O3S/c11-9(13)6-4-15-2-1-5-3-7(10(12)14)16-8(5)6/h1-4H,(H2,11,13)(H2,12,14). The molecule has 1 aromatic rings. The fourth-order valence-electron chi connectivity index (χ4n) is 1.30. The van der Waals surface area contributed by atoms with Crippen LogP contribution in [0.25, 0.3) is 11.6 Å². The highest BCUT2D eigenvalue weighted by atomic mass is 32.1. The molecule has 2 heterocycles. The molecule has 1 aliphatic heterocycles. The van der Waals surface area contributed by atoms with Crippen molar-refractivity contribution in [1.29, 1.82) is 0 Å². The van der Waals surface area contributed by atoms with E-state index in [1.54, 1.807) is 12.1 Å². The molecule has 4 N–H and O–H groups in total. The monoisotopic (exact) mass is 236 g/mol. The number of nitrogens with two attached hydrogens (primary N) is 2. The van der Waals surface area contributed by atoms with Crippen LogP contribution in [0.2, 0.25) is 0 Å². The minimum absolute atomic E-state index is 0.234. The molecular formula is C10H8N2O3S. The summed E-state index contributed by atoms with van der Waals surface area (Å²) in [5, 5.41) is 0. The molecule has 5 nitrogen and oxygen atoms in total. The normalized spacial score (nSPS) is 13.4. The van der Waals surface area contributed by atoms with Gasteiger partial charge in [0.25, 0.3) is 11.8 Å². The van der Waals surface area contributed by atoms with Crippen LogP contribution in [0.1, 0.15) is 20.1 Å². The van der Waals surface area contributed by atoms with Gasteiger partial charge in [0.1, 0.15) is 6.26 Å². The van der Waals surface area contributed by atoms with Gasteiger partial charge in [-0.25, -0.2) is 0 Å². The van der Waals surface area contributed by atoms with Crippen LogP contribution in [-0.2, 0) is 9.53 Å². The van der Waals surface area contributed by atoms with Crippen LogP contribution in [0.3, 0.4) is 0 Å². The maximum atomic E-state index is 11.2. The third kappa shape index (κ3) is 1.70. The van der Waals surface area contributed by atoms with Gasteiger partial charge in [0.15, 0.2) is 0 Å². The number of fused-ring (bicyclic) bond motifs is 1. The number of thiophene rings is 1. The Kier molecular flexibility index (Phi) is 2.49. The van der Waals surface area contributed by atoms with E-state index in [9.17, 15) is 9.59 Å². The Morgan fingerprint density at radius 3 is 2.62 bits per heavy atom. The summed E-state index contributed by atoms with van der Waals surface area (Å²) in [4.78, 5) is 23.2. The van der Waals surface area contributed by atoms with Crippen molar-refractivity contribution in [2.24, 2.45) is 11.5 Å². The summed E-state index contributed by atoms with van der Waals surface area (Å²) in [6.07, 6.45) is 4.31. The fourth-order valence-corrected chi connectivity index (χ4v) is 2.31. The minimum atomic E-state index is -0.608. The Morgan fingerprint density at radius 1 is 1.25 bits per heavy atom. The van der Waals surface area contributed by atoms with E-state index >= 15 is 0 Å². The Bertz CT molecular complexity index is 528. The van der Waals surface area contributed by atoms with E-state index in [1.807, 2.05) is 0 Å². The van der Waals surface area contributed by atoms with Crippen molar-refractivity contribution in [2.45, 2.75) is 0 Å². The number of rotatable bonds is 2. The number of hydrogen-bond acceptors (Lipinski definition) is 4. The molecule has 0 aromatic carbocycles. The van der Waals surface area contributed by atoms with Crippen LogP contribution in [0.4, 0.5) is 0 Å². The third-order valence-electron chi connectivity index (χ3n) is 2.03. The lowest BCUT2D eigenvalue weighted by atomic mass is 10.1. The van der Waals surface area contributed by atoms with Crippen LogP contribution >= 0.6 is 11.3 Å². The van der Waals surface area contributed by atoms with Gasteiger partial charge in [-0.15, -0.1) is 11.3 Å². The third-order valence-corrected chi connectivity index (χ3v) is 3.22. The maximum Gasteiger partial charge on any atom is 0.258 e. The smallest absolute Gasteiger partial charge is 0.258 e. The van der Waals surface area contributed by atoms with Crippen molar-refractivity contribution in [3.05, 3.63) is 33.9 Å². The topological polar surface area (TPSA) is 95.4 Å². The SMILES string of the molecule is NC(=O)C1=COC=Cc2cc(C(N)=O)sc21. The second kappa shape index (κ2) is 3.82. The van der Waals surface area contributed by atoms with E-state index < -0.39 is 11.8 Å². The van der Waals surface area contributed by atoms with Gasteiger partial charge in [-0.05, 0) is 17.7 Å². The molecule has 1 aromatic heterocycles. The Hall–Kier alpha value is -2.08. The van der Waals surface area contributed by atoms with E-state index in [-0.39, 0.29) is 5.57 Å². The zero-order valence-electron chi connectivity index (χ0n) is 8.10. The van der Waals surface area contributed by atoms with E-state index in [2.05, 4.69) is 0 Å². The van der Waals surface area contributed by atoms with Crippen LogP contribution < -0.4 is 11.5 Å². The Morgan fingerprint density at radius 2 is 2.00 bits per heavy atom. The predicted molar refractivity (Wildman–Crippen MR) is 60.1 cm³/mol. The summed E-state index contributed by atoms with van der Waals surface area (Å²) < 4.78 is 4.96. The molecule has 0 saturated carbocycles. The molecule has 0 aliphatic carbocycles. The first-order chi connectivity index (χ1) is 7.59. The summed E-state index contributed by atoms with van der Waals surface area (Å²) in [5.74, 6) is -1.14. The molecule has 0 unspecified atom stereocenters. The van der Waals surface area contributed by atoms with Gasteiger partial charge < -0.3 is 16.2 Å². The molecule has 0 atom stereocenters. The molecule has 0 saturated heterocycles. The van der Waals surface area contributed by atoms with Gasteiger partial charge in [-0.1, -0.05) is 0 Å². The van der Waals surface area contributed by atoms with Crippen LogP contribution in [0.15, 0.2) is 18.6 Å². The molecule has 82 valence electrons. The highest BCUT2D eigenvalue weighted by Gasteiger charge is 2.19. The Balaban J connectivity index is 2.58. The van der Waals surface area contributed by atoms with E-state index in [1.165, 1.54) is 12.5 Å². The highest BCUT2D eigenvalue weighted by Crippen LogP contribution is 2.31. The van der Waals surface area contributed by atoms with E-state index in [0.29, 0.717) is 15.3 Å². The van der Waals surface area contributed by atoms with E-state index in [4.69, 9.17) is 16.2 Å². The number of carbonyl (C=O) groups excluding carboxylic acids is 2. The Labute approximate surface area is 95.0 Å². The van der Waals surface area contributed by atoms with Gasteiger partial charge >= 0.3 is 0 Å². The lowest BCUT2D eigenvalue weighted by Gasteiger charge is -1.98. The number of amides is 2. The summed E-state index contributed by atoms with van der Waals surface area (Å²) in [6, 6.07) is 1.60. The van der Waals surface area contributed by atoms with Crippen LogP contribution in [0, 0.1) is 0 Å². The summed E-state index contributed by atoms with van der Waals surface area (Å²) in [5.41, 5.74) is 11.3. The quantitative estimate of drug-likeness (QED) is 0.790. The van der Waals surface area contributed by atoms with Crippen molar-refractivity contribution >= 4 is 34.8 Å². The molecular weight excluding hydrogens is 228 g/mol. The van der Waals surface area contributed by atoms with E-state index in [0.717, 1.165) is 11.3 Å². The second-order valence-corrected chi connectivity index (χ2v) is 4.15. The molecule has 2 rings (SSSR count). The molecule has 0 radical (unpaired) electrons. The lowest BCUT2D eigenvalue weighted by molar-refractivity contribution is -0.112. The summed E-state index contributed by atoms with van der Waals surface area (Å²) in [6.45, 7) is 0. The zero-order chi connectivity index (χ0) is 11.7. The molecule has 1 aliphatic rings. The van der Waals surface area contributed by atoms with Crippen molar-refractivity contribution in [3.8, 4) is 0 Å². The van der Waals surface area contributed by atoms with Gasteiger partial charge in [-0.2, -0.15) is 0 Å². The summed E-state index contributed by atoms with van der Waals surface area (Å²) >= 11 is 1.12. The molecule has 6 heteroatoms. The first-order valence-electron chi connectivity index (χ1n) is 4.35. The van der Waals surface area contributed by atoms with Crippen molar-refractivity contribution < 1.29 is 14.3 Å². The number of carbonyl (C=O) groups is 2. The maximum absolute atomic E-state index is 11.2. The number of primary amides is 2. The average Bonchev–Trinajstić information content (AvgIpc) is 2.52. The van der Waals surface area contributed by atoms with Crippen molar-refractivity contribution in [1.82, 2.24) is 0 Å². The first-order valence-corrected chi connectivity index (χ1v) is 5.17. The zero-order valence-corrected chi connectivity index (χ0v) is 8.91. The molecule has 0 bridgehead atoms. The van der Waals surface area contributed by atoms with Gasteiger partial charge in [0, 0.05) is 0 Å². The first kappa shape index (κ1) is 10.4. The van der Waals surface area contributed by atoms with Crippen LogP contribution in [0.5, 0.6) is 0 Å². The fraction of sp³-hybridized carbons (Fsp3) is 0. The second-order valence-electron chi connectivity index (χ2n) is 3.09. The van der Waals surface area contributed by atoms with Crippen molar-refractivity contribution in [2.75, 3.05) is 0 Å². The predicted octanol–water partition coefficient (Wildman–Crippen LogP) is 0.674. The molecule has 2 amide bonds.